The summed E-state index contributed by atoms with van der Waals surface area (Å²) in [7, 11) is 1.92. The normalized spacial score (nSPS) is 11.1. The summed E-state index contributed by atoms with van der Waals surface area (Å²) in [4.78, 5) is 5.48. The van der Waals surface area contributed by atoms with Crippen molar-refractivity contribution in [1.29, 1.82) is 0 Å². The van der Waals surface area contributed by atoms with Crippen LogP contribution in [0.4, 0.5) is 0 Å². The summed E-state index contributed by atoms with van der Waals surface area (Å²) in [5.41, 5.74) is 2.26. The highest BCUT2D eigenvalue weighted by atomic mass is 32.1. The van der Waals surface area contributed by atoms with Crippen LogP contribution in [-0.2, 0) is 6.54 Å². The molecule has 0 radical (unpaired) electrons. The summed E-state index contributed by atoms with van der Waals surface area (Å²) < 4.78 is 7.96. The van der Waals surface area contributed by atoms with E-state index in [0.29, 0.717) is 5.88 Å². The van der Waals surface area contributed by atoms with Gasteiger partial charge in [0.15, 0.2) is 4.96 Å². The lowest BCUT2D eigenvalue weighted by molar-refractivity contribution is 0.457. The van der Waals surface area contributed by atoms with Gasteiger partial charge in [-0.05, 0) is 26.1 Å². The number of benzene rings is 1. The summed E-state index contributed by atoms with van der Waals surface area (Å²) in [5, 5.41) is 5.18. The van der Waals surface area contributed by atoms with Gasteiger partial charge in [0.05, 0.1) is 0 Å². The van der Waals surface area contributed by atoms with Gasteiger partial charge in [0.2, 0.25) is 5.88 Å². The second-order valence-electron chi connectivity index (χ2n) is 4.36. The highest BCUT2D eigenvalue weighted by Crippen LogP contribution is 2.27. The number of fused-ring (bicyclic) bond motifs is 1. The van der Waals surface area contributed by atoms with Crippen LogP contribution in [0.2, 0.25) is 0 Å². The van der Waals surface area contributed by atoms with Crippen LogP contribution in [0, 0.1) is 6.92 Å². The lowest BCUT2D eigenvalue weighted by Crippen LogP contribution is -2.08. The average Bonchev–Trinajstić information content (AvgIpc) is 2.96. The molecule has 19 heavy (non-hydrogen) atoms. The first kappa shape index (κ1) is 12.2. The molecule has 0 fully saturated rings. The van der Waals surface area contributed by atoms with Crippen LogP contribution in [0.5, 0.6) is 11.6 Å². The smallest absolute Gasteiger partial charge is 0.243 e. The van der Waals surface area contributed by atoms with Crippen LogP contribution in [0.3, 0.4) is 0 Å². The Hall–Kier alpha value is -1.85. The summed E-state index contributed by atoms with van der Waals surface area (Å²) in [5.74, 6) is 1.48. The van der Waals surface area contributed by atoms with E-state index in [1.807, 2.05) is 42.9 Å². The largest absolute Gasteiger partial charge is 0.437 e. The van der Waals surface area contributed by atoms with Crippen LogP contribution in [-0.4, -0.2) is 16.4 Å². The van der Waals surface area contributed by atoms with E-state index in [0.717, 1.165) is 22.9 Å². The van der Waals surface area contributed by atoms with Crippen molar-refractivity contribution in [2.75, 3.05) is 7.05 Å². The maximum atomic E-state index is 5.90. The van der Waals surface area contributed by atoms with E-state index in [1.165, 1.54) is 5.56 Å². The van der Waals surface area contributed by atoms with Gasteiger partial charge in [-0.15, -0.1) is 11.3 Å². The van der Waals surface area contributed by atoms with Gasteiger partial charge in [0.25, 0.3) is 0 Å². The number of hydrogen-bond acceptors (Lipinski definition) is 4. The molecule has 2 aromatic heterocycles. The molecule has 0 saturated heterocycles. The quantitative estimate of drug-likeness (QED) is 0.793. The number of imidazole rings is 1. The van der Waals surface area contributed by atoms with E-state index < -0.39 is 0 Å². The standard InChI is InChI=1S/C14H15N3OS/c1-10-3-5-11(6-4-10)18-13-12(9-15-2)17-7-8-19-14(17)16-13/h3-8,15H,9H2,1-2H3. The first-order chi connectivity index (χ1) is 9.28. The molecule has 0 saturated carbocycles. The molecule has 5 heteroatoms. The lowest BCUT2D eigenvalue weighted by Gasteiger charge is -2.06. The van der Waals surface area contributed by atoms with Gasteiger partial charge in [-0.1, -0.05) is 17.7 Å². The van der Waals surface area contributed by atoms with Crippen molar-refractivity contribution in [3.8, 4) is 11.6 Å². The third-order valence-corrected chi connectivity index (χ3v) is 3.66. The molecule has 1 aromatic carbocycles. The molecule has 0 aliphatic carbocycles. The highest BCUT2D eigenvalue weighted by Gasteiger charge is 2.14. The second kappa shape index (κ2) is 5.03. The maximum absolute atomic E-state index is 5.90. The molecule has 0 unspecified atom stereocenters. The Morgan fingerprint density at radius 1 is 1.32 bits per heavy atom. The number of nitrogens with zero attached hydrogens (tertiary/aromatic N) is 2. The van der Waals surface area contributed by atoms with Gasteiger partial charge >= 0.3 is 0 Å². The maximum Gasteiger partial charge on any atom is 0.243 e. The fourth-order valence-electron chi connectivity index (χ4n) is 1.94. The van der Waals surface area contributed by atoms with Gasteiger partial charge in [0, 0.05) is 18.1 Å². The number of ether oxygens (including phenoxy) is 1. The minimum atomic E-state index is 0.671. The van der Waals surface area contributed by atoms with Crippen molar-refractivity contribution in [2.24, 2.45) is 0 Å². The summed E-state index contributed by atoms with van der Waals surface area (Å²) in [6.07, 6.45) is 2.02. The monoisotopic (exact) mass is 273 g/mol. The molecular weight excluding hydrogens is 258 g/mol. The number of aryl methyl sites for hydroxylation is 1. The van der Waals surface area contributed by atoms with E-state index in [2.05, 4.69) is 21.6 Å². The topological polar surface area (TPSA) is 38.6 Å². The zero-order chi connectivity index (χ0) is 13.2. The van der Waals surface area contributed by atoms with Crippen molar-refractivity contribution in [3.63, 3.8) is 0 Å². The van der Waals surface area contributed by atoms with Crippen LogP contribution in [0.25, 0.3) is 4.96 Å². The van der Waals surface area contributed by atoms with Crippen molar-refractivity contribution < 1.29 is 4.74 Å². The molecule has 0 atom stereocenters. The molecule has 0 aliphatic heterocycles. The van der Waals surface area contributed by atoms with Crippen molar-refractivity contribution in [1.82, 2.24) is 14.7 Å². The van der Waals surface area contributed by atoms with E-state index in [1.54, 1.807) is 11.3 Å². The van der Waals surface area contributed by atoms with Crippen LogP contribution >= 0.6 is 11.3 Å². The molecule has 98 valence electrons. The Kier molecular flexibility index (Phi) is 3.23. The molecule has 0 spiro atoms. The van der Waals surface area contributed by atoms with Gasteiger partial charge in [-0.25, -0.2) is 0 Å². The fraction of sp³-hybridized carbons (Fsp3) is 0.214. The predicted octanol–water partition coefficient (Wildman–Crippen LogP) is 3.22. The molecular formula is C14H15N3OS. The number of aromatic nitrogens is 2. The second-order valence-corrected chi connectivity index (χ2v) is 5.24. The first-order valence-corrected chi connectivity index (χ1v) is 6.99. The number of rotatable bonds is 4. The minimum Gasteiger partial charge on any atom is -0.437 e. The molecule has 0 bridgehead atoms. The van der Waals surface area contributed by atoms with Gasteiger partial charge in [-0.3, -0.25) is 4.40 Å². The Labute approximate surface area is 115 Å². The van der Waals surface area contributed by atoms with Gasteiger partial charge < -0.3 is 10.1 Å². The Morgan fingerprint density at radius 3 is 2.84 bits per heavy atom. The summed E-state index contributed by atoms with van der Waals surface area (Å²) in [6.45, 7) is 2.78. The number of hydrogen-bond donors (Lipinski definition) is 1. The molecule has 4 nitrogen and oxygen atoms in total. The van der Waals surface area contributed by atoms with Crippen molar-refractivity contribution in [3.05, 3.63) is 47.1 Å². The fourth-order valence-corrected chi connectivity index (χ4v) is 2.67. The first-order valence-electron chi connectivity index (χ1n) is 6.11. The van der Waals surface area contributed by atoms with E-state index >= 15 is 0 Å². The number of nitrogens with one attached hydrogen (secondary N) is 1. The summed E-state index contributed by atoms with van der Waals surface area (Å²) in [6, 6.07) is 7.99. The average molecular weight is 273 g/mol. The molecule has 0 aliphatic rings. The predicted molar refractivity (Wildman–Crippen MR) is 77.1 cm³/mol. The van der Waals surface area contributed by atoms with Gasteiger partial charge in [-0.2, -0.15) is 4.98 Å². The van der Waals surface area contributed by atoms with Crippen LogP contribution < -0.4 is 10.1 Å². The lowest BCUT2D eigenvalue weighted by atomic mass is 10.2. The molecule has 2 heterocycles. The Bertz CT molecular complexity index is 684. The molecule has 1 N–H and O–H groups in total. The third-order valence-electron chi connectivity index (χ3n) is 2.90. The SMILES string of the molecule is CNCc1c(Oc2ccc(C)cc2)nc2sccn12. The Balaban J connectivity index is 1.97. The van der Waals surface area contributed by atoms with E-state index in [9.17, 15) is 0 Å². The van der Waals surface area contributed by atoms with E-state index in [4.69, 9.17) is 4.74 Å². The zero-order valence-electron chi connectivity index (χ0n) is 10.9. The number of thiazole rings is 1. The molecule has 0 amide bonds. The zero-order valence-corrected chi connectivity index (χ0v) is 11.7. The summed E-state index contributed by atoms with van der Waals surface area (Å²) >= 11 is 1.61. The van der Waals surface area contributed by atoms with Gasteiger partial charge in [0.1, 0.15) is 11.4 Å². The van der Waals surface area contributed by atoms with Crippen LogP contribution in [0.1, 0.15) is 11.3 Å². The third kappa shape index (κ3) is 2.34. The Morgan fingerprint density at radius 2 is 2.11 bits per heavy atom. The van der Waals surface area contributed by atoms with Crippen LogP contribution in [0.15, 0.2) is 35.8 Å². The van der Waals surface area contributed by atoms with Crippen molar-refractivity contribution in [2.45, 2.75) is 13.5 Å². The van der Waals surface area contributed by atoms with E-state index in [-0.39, 0.29) is 0 Å². The van der Waals surface area contributed by atoms with Crippen molar-refractivity contribution >= 4 is 16.3 Å². The molecule has 3 rings (SSSR count). The highest BCUT2D eigenvalue weighted by molar-refractivity contribution is 7.15. The molecule has 3 aromatic rings. The minimum absolute atomic E-state index is 0.671.